The summed E-state index contributed by atoms with van der Waals surface area (Å²) in [7, 11) is 1.55. The molecule has 5 heteroatoms. The van der Waals surface area contributed by atoms with Gasteiger partial charge in [-0.2, -0.15) is 0 Å². The van der Waals surface area contributed by atoms with Gasteiger partial charge in [-0.05, 0) is 18.6 Å². The topological polar surface area (TPSA) is 58.6 Å². The third-order valence-electron chi connectivity index (χ3n) is 2.01. The van der Waals surface area contributed by atoms with Crippen LogP contribution in [0.4, 0.5) is 5.69 Å². The van der Waals surface area contributed by atoms with E-state index in [9.17, 15) is 4.79 Å². The van der Waals surface area contributed by atoms with Crippen molar-refractivity contribution in [2.75, 3.05) is 19.0 Å². The van der Waals surface area contributed by atoms with Gasteiger partial charge in [0.05, 0.1) is 17.8 Å². The summed E-state index contributed by atoms with van der Waals surface area (Å²) in [5, 5.41) is 11.7. The van der Waals surface area contributed by atoms with Gasteiger partial charge >= 0.3 is 0 Å². The van der Waals surface area contributed by atoms with Crippen LogP contribution in [0.15, 0.2) is 18.2 Å². The quantitative estimate of drug-likeness (QED) is 0.832. The first-order chi connectivity index (χ1) is 7.67. The summed E-state index contributed by atoms with van der Waals surface area (Å²) in [4.78, 5) is 11.4. The fourth-order valence-electron chi connectivity index (χ4n) is 1.18. The molecule has 88 valence electrons. The number of methoxy groups -OCH3 is 1. The molecule has 0 aliphatic carbocycles. The van der Waals surface area contributed by atoms with E-state index in [1.807, 2.05) is 0 Å². The van der Waals surface area contributed by atoms with Gasteiger partial charge in [0.2, 0.25) is 5.91 Å². The highest BCUT2D eigenvalue weighted by molar-refractivity contribution is 6.33. The number of halogens is 1. The van der Waals surface area contributed by atoms with Crippen LogP contribution in [-0.2, 0) is 4.79 Å². The fourth-order valence-corrected chi connectivity index (χ4v) is 1.39. The van der Waals surface area contributed by atoms with Crippen molar-refractivity contribution in [3.63, 3.8) is 0 Å². The zero-order valence-electron chi connectivity index (χ0n) is 9.00. The van der Waals surface area contributed by atoms with E-state index in [4.69, 9.17) is 21.4 Å². The SMILES string of the molecule is COc1ccc(NC(=O)CCCO)c(Cl)c1. The normalized spacial score (nSPS) is 9.94. The molecule has 1 aromatic rings. The fraction of sp³-hybridized carbons (Fsp3) is 0.364. The van der Waals surface area contributed by atoms with Gasteiger partial charge in [0, 0.05) is 19.1 Å². The molecular formula is C11H14ClNO3. The number of amides is 1. The molecule has 2 N–H and O–H groups in total. The van der Waals surface area contributed by atoms with Gasteiger partial charge in [-0.15, -0.1) is 0 Å². The molecule has 1 rings (SSSR count). The van der Waals surface area contributed by atoms with Crippen LogP contribution < -0.4 is 10.1 Å². The van der Waals surface area contributed by atoms with Crippen molar-refractivity contribution in [3.8, 4) is 5.75 Å². The molecule has 0 aliphatic rings. The van der Waals surface area contributed by atoms with Crippen LogP contribution in [0.25, 0.3) is 0 Å². The summed E-state index contributed by atoms with van der Waals surface area (Å²) in [6, 6.07) is 5.02. The van der Waals surface area contributed by atoms with Crippen LogP contribution in [0.5, 0.6) is 5.75 Å². The maximum atomic E-state index is 11.4. The lowest BCUT2D eigenvalue weighted by molar-refractivity contribution is -0.116. The second-order valence-electron chi connectivity index (χ2n) is 3.22. The molecule has 0 unspecified atom stereocenters. The first-order valence-corrected chi connectivity index (χ1v) is 5.29. The predicted molar refractivity (Wildman–Crippen MR) is 63.0 cm³/mol. The van der Waals surface area contributed by atoms with Crippen LogP contribution >= 0.6 is 11.6 Å². The Morgan fingerprint density at radius 3 is 2.88 bits per heavy atom. The summed E-state index contributed by atoms with van der Waals surface area (Å²) in [5.41, 5.74) is 0.547. The summed E-state index contributed by atoms with van der Waals surface area (Å²) in [6.45, 7) is 0.00373. The Morgan fingerprint density at radius 2 is 2.31 bits per heavy atom. The number of benzene rings is 1. The molecular weight excluding hydrogens is 230 g/mol. The van der Waals surface area contributed by atoms with Crippen molar-refractivity contribution in [1.82, 2.24) is 0 Å². The number of aliphatic hydroxyl groups is 1. The number of hydrogen-bond acceptors (Lipinski definition) is 3. The average Bonchev–Trinajstić information content (AvgIpc) is 2.29. The second kappa shape index (κ2) is 6.35. The Morgan fingerprint density at radius 1 is 1.56 bits per heavy atom. The number of ether oxygens (including phenoxy) is 1. The Bertz CT molecular complexity index is 368. The number of aliphatic hydroxyl groups excluding tert-OH is 1. The predicted octanol–water partition coefficient (Wildman–Crippen LogP) is 2.06. The molecule has 0 aliphatic heterocycles. The van der Waals surface area contributed by atoms with Crippen molar-refractivity contribution >= 4 is 23.2 Å². The van der Waals surface area contributed by atoms with Gasteiger partial charge in [0.15, 0.2) is 0 Å². The highest BCUT2D eigenvalue weighted by Gasteiger charge is 2.06. The van der Waals surface area contributed by atoms with Gasteiger partial charge in [-0.25, -0.2) is 0 Å². The van der Waals surface area contributed by atoms with Gasteiger partial charge in [-0.3, -0.25) is 4.79 Å². The van der Waals surface area contributed by atoms with Crippen molar-refractivity contribution in [2.24, 2.45) is 0 Å². The lowest BCUT2D eigenvalue weighted by Gasteiger charge is -2.08. The van der Waals surface area contributed by atoms with E-state index in [1.54, 1.807) is 25.3 Å². The summed E-state index contributed by atoms with van der Waals surface area (Å²) in [6.07, 6.45) is 0.721. The maximum Gasteiger partial charge on any atom is 0.224 e. The van der Waals surface area contributed by atoms with E-state index >= 15 is 0 Å². The molecule has 0 aromatic heterocycles. The molecule has 0 spiro atoms. The number of rotatable bonds is 5. The minimum Gasteiger partial charge on any atom is -0.497 e. The van der Waals surface area contributed by atoms with E-state index in [0.29, 0.717) is 22.9 Å². The molecule has 0 atom stereocenters. The lowest BCUT2D eigenvalue weighted by Crippen LogP contribution is -2.12. The molecule has 0 bridgehead atoms. The minimum atomic E-state index is -0.166. The molecule has 1 amide bonds. The van der Waals surface area contributed by atoms with Crippen molar-refractivity contribution < 1.29 is 14.6 Å². The zero-order valence-corrected chi connectivity index (χ0v) is 9.75. The van der Waals surface area contributed by atoms with Crippen LogP contribution in [0.1, 0.15) is 12.8 Å². The molecule has 0 fully saturated rings. The molecule has 0 heterocycles. The average molecular weight is 244 g/mol. The first kappa shape index (κ1) is 12.8. The summed E-state index contributed by atoms with van der Waals surface area (Å²) >= 11 is 5.94. The van der Waals surface area contributed by atoms with Crippen LogP contribution in [0.2, 0.25) is 5.02 Å². The van der Waals surface area contributed by atoms with E-state index in [-0.39, 0.29) is 18.9 Å². The molecule has 0 saturated heterocycles. The zero-order chi connectivity index (χ0) is 12.0. The Balaban J connectivity index is 2.63. The van der Waals surface area contributed by atoms with Crippen LogP contribution in [-0.4, -0.2) is 24.7 Å². The third kappa shape index (κ3) is 3.72. The molecule has 16 heavy (non-hydrogen) atoms. The van der Waals surface area contributed by atoms with Gasteiger partial charge < -0.3 is 15.2 Å². The van der Waals surface area contributed by atoms with Crippen molar-refractivity contribution in [3.05, 3.63) is 23.2 Å². The molecule has 4 nitrogen and oxygen atoms in total. The highest BCUT2D eigenvalue weighted by atomic mass is 35.5. The number of carbonyl (C=O) groups is 1. The van der Waals surface area contributed by atoms with Gasteiger partial charge in [0.1, 0.15) is 5.75 Å². The van der Waals surface area contributed by atoms with Crippen molar-refractivity contribution in [2.45, 2.75) is 12.8 Å². The third-order valence-corrected chi connectivity index (χ3v) is 2.33. The highest BCUT2D eigenvalue weighted by Crippen LogP contribution is 2.26. The molecule has 1 aromatic carbocycles. The lowest BCUT2D eigenvalue weighted by atomic mass is 10.2. The standard InChI is InChI=1S/C11H14ClNO3/c1-16-8-4-5-10(9(12)7-8)13-11(15)3-2-6-14/h4-5,7,14H,2-3,6H2,1H3,(H,13,15). The van der Waals surface area contributed by atoms with E-state index < -0.39 is 0 Å². The smallest absolute Gasteiger partial charge is 0.224 e. The largest absolute Gasteiger partial charge is 0.497 e. The van der Waals surface area contributed by atoms with Gasteiger partial charge in [-0.1, -0.05) is 11.6 Å². The number of anilines is 1. The molecule has 0 radical (unpaired) electrons. The minimum absolute atomic E-state index is 0.00373. The Kier molecular flexibility index (Phi) is 5.08. The van der Waals surface area contributed by atoms with Crippen LogP contribution in [0.3, 0.4) is 0 Å². The molecule has 0 saturated carbocycles. The van der Waals surface area contributed by atoms with Crippen LogP contribution in [0, 0.1) is 0 Å². The summed E-state index contributed by atoms with van der Waals surface area (Å²) in [5.74, 6) is 0.472. The number of hydrogen-bond donors (Lipinski definition) is 2. The monoisotopic (exact) mass is 243 g/mol. The number of carbonyl (C=O) groups excluding carboxylic acids is 1. The Hall–Kier alpha value is -1.26. The Labute approximate surface area is 99.2 Å². The first-order valence-electron chi connectivity index (χ1n) is 4.91. The van der Waals surface area contributed by atoms with Crippen molar-refractivity contribution in [1.29, 1.82) is 0 Å². The number of nitrogens with one attached hydrogen (secondary N) is 1. The van der Waals surface area contributed by atoms with E-state index in [0.717, 1.165) is 0 Å². The van der Waals surface area contributed by atoms with Gasteiger partial charge in [0.25, 0.3) is 0 Å². The summed E-state index contributed by atoms with van der Waals surface area (Å²) < 4.78 is 4.99. The van der Waals surface area contributed by atoms with E-state index in [2.05, 4.69) is 5.32 Å². The second-order valence-corrected chi connectivity index (χ2v) is 3.63. The van der Waals surface area contributed by atoms with E-state index in [1.165, 1.54) is 0 Å². The maximum absolute atomic E-state index is 11.4.